The van der Waals surface area contributed by atoms with Crippen molar-refractivity contribution >= 4 is 21.8 Å². The molecule has 0 aliphatic rings. The Morgan fingerprint density at radius 3 is 2.69 bits per heavy atom. The SMILES string of the molecule is C[C@@H](O)CNC(=O)COc1ccc(Br)cc1. The highest BCUT2D eigenvalue weighted by atomic mass is 79.9. The van der Waals surface area contributed by atoms with E-state index in [1.54, 1.807) is 19.1 Å². The molecule has 0 heterocycles. The Labute approximate surface area is 103 Å². The van der Waals surface area contributed by atoms with E-state index in [4.69, 9.17) is 9.84 Å². The minimum atomic E-state index is -0.545. The van der Waals surface area contributed by atoms with Crippen molar-refractivity contribution in [1.82, 2.24) is 5.32 Å². The summed E-state index contributed by atoms with van der Waals surface area (Å²) >= 11 is 3.30. The summed E-state index contributed by atoms with van der Waals surface area (Å²) in [5.74, 6) is 0.388. The molecule has 1 amide bonds. The van der Waals surface area contributed by atoms with Gasteiger partial charge in [0.25, 0.3) is 5.91 Å². The van der Waals surface area contributed by atoms with Crippen molar-refractivity contribution in [2.75, 3.05) is 13.2 Å². The first-order valence-corrected chi connectivity index (χ1v) is 5.70. The van der Waals surface area contributed by atoms with Gasteiger partial charge in [-0.15, -0.1) is 0 Å². The molecular weight excluding hydrogens is 274 g/mol. The number of halogens is 1. The lowest BCUT2D eigenvalue weighted by atomic mass is 10.3. The summed E-state index contributed by atoms with van der Waals surface area (Å²) < 4.78 is 6.20. The number of carbonyl (C=O) groups excluding carboxylic acids is 1. The van der Waals surface area contributed by atoms with Crippen molar-refractivity contribution in [3.05, 3.63) is 28.7 Å². The molecule has 2 N–H and O–H groups in total. The first kappa shape index (κ1) is 13.0. The van der Waals surface area contributed by atoms with Gasteiger partial charge in [-0.05, 0) is 31.2 Å². The van der Waals surface area contributed by atoms with Crippen LogP contribution in [0.2, 0.25) is 0 Å². The predicted octanol–water partition coefficient (Wildman–Crippen LogP) is 1.32. The lowest BCUT2D eigenvalue weighted by molar-refractivity contribution is -0.123. The second kappa shape index (κ2) is 6.50. The summed E-state index contributed by atoms with van der Waals surface area (Å²) in [5.41, 5.74) is 0. The van der Waals surface area contributed by atoms with Gasteiger partial charge in [0, 0.05) is 11.0 Å². The van der Waals surface area contributed by atoms with Gasteiger partial charge in [-0.1, -0.05) is 15.9 Å². The van der Waals surface area contributed by atoms with Crippen LogP contribution in [-0.4, -0.2) is 30.3 Å². The highest BCUT2D eigenvalue weighted by Crippen LogP contribution is 2.15. The molecule has 4 nitrogen and oxygen atoms in total. The van der Waals surface area contributed by atoms with Crippen molar-refractivity contribution in [1.29, 1.82) is 0 Å². The molecule has 1 aromatic carbocycles. The van der Waals surface area contributed by atoms with Crippen molar-refractivity contribution in [2.24, 2.45) is 0 Å². The summed E-state index contributed by atoms with van der Waals surface area (Å²) in [6.07, 6.45) is -0.545. The number of nitrogens with one attached hydrogen (secondary N) is 1. The number of hydrogen-bond donors (Lipinski definition) is 2. The van der Waals surface area contributed by atoms with Gasteiger partial charge in [0.1, 0.15) is 5.75 Å². The van der Waals surface area contributed by atoms with Gasteiger partial charge in [-0.25, -0.2) is 0 Å². The van der Waals surface area contributed by atoms with Crippen molar-refractivity contribution in [3.8, 4) is 5.75 Å². The van der Waals surface area contributed by atoms with Gasteiger partial charge in [-0.3, -0.25) is 4.79 Å². The van der Waals surface area contributed by atoms with Crippen LogP contribution in [0.25, 0.3) is 0 Å². The van der Waals surface area contributed by atoms with Gasteiger partial charge in [0.05, 0.1) is 6.10 Å². The Morgan fingerprint density at radius 1 is 1.50 bits per heavy atom. The Morgan fingerprint density at radius 2 is 2.12 bits per heavy atom. The number of benzene rings is 1. The van der Waals surface area contributed by atoms with Gasteiger partial charge in [0.15, 0.2) is 6.61 Å². The predicted molar refractivity (Wildman–Crippen MR) is 64.3 cm³/mol. The Balaban J connectivity index is 2.29. The van der Waals surface area contributed by atoms with E-state index in [2.05, 4.69) is 21.2 Å². The van der Waals surface area contributed by atoms with Crippen LogP contribution >= 0.6 is 15.9 Å². The molecule has 0 aromatic heterocycles. The molecule has 0 spiro atoms. The summed E-state index contributed by atoms with van der Waals surface area (Å²) in [7, 11) is 0. The highest BCUT2D eigenvalue weighted by molar-refractivity contribution is 9.10. The summed E-state index contributed by atoms with van der Waals surface area (Å²) in [6.45, 7) is 1.80. The smallest absolute Gasteiger partial charge is 0.258 e. The number of rotatable bonds is 5. The fraction of sp³-hybridized carbons (Fsp3) is 0.364. The second-order valence-corrected chi connectivity index (χ2v) is 4.31. The fourth-order valence-corrected chi connectivity index (χ4v) is 1.26. The van der Waals surface area contributed by atoms with Crippen LogP contribution in [0.4, 0.5) is 0 Å². The lowest BCUT2D eigenvalue weighted by Crippen LogP contribution is -2.34. The maximum absolute atomic E-state index is 11.2. The molecule has 88 valence electrons. The van der Waals surface area contributed by atoms with E-state index >= 15 is 0 Å². The van der Waals surface area contributed by atoms with Crippen LogP contribution in [0.5, 0.6) is 5.75 Å². The minimum absolute atomic E-state index is 0.0473. The molecule has 16 heavy (non-hydrogen) atoms. The maximum atomic E-state index is 11.2. The average Bonchev–Trinajstić information content (AvgIpc) is 2.25. The molecule has 0 aliphatic carbocycles. The number of aliphatic hydroxyl groups is 1. The first-order valence-electron chi connectivity index (χ1n) is 4.91. The third-order valence-electron chi connectivity index (χ3n) is 1.78. The largest absolute Gasteiger partial charge is 0.484 e. The number of carbonyl (C=O) groups is 1. The first-order chi connectivity index (χ1) is 7.58. The third kappa shape index (κ3) is 5.14. The highest BCUT2D eigenvalue weighted by Gasteiger charge is 2.03. The molecule has 1 rings (SSSR count). The van der Waals surface area contributed by atoms with Crippen LogP contribution in [0, 0.1) is 0 Å². The molecule has 5 heteroatoms. The normalized spacial score (nSPS) is 11.9. The fourth-order valence-electron chi connectivity index (χ4n) is 0.992. The average molecular weight is 288 g/mol. The minimum Gasteiger partial charge on any atom is -0.484 e. The zero-order chi connectivity index (χ0) is 12.0. The Bertz CT molecular complexity index is 338. The second-order valence-electron chi connectivity index (χ2n) is 3.40. The van der Waals surface area contributed by atoms with Crippen LogP contribution in [0.1, 0.15) is 6.92 Å². The van der Waals surface area contributed by atoms with Crippen LogP contribution in [-0.2, 0) is 4.79 Å². The van der Waals surface area contributed by atoms with Gasteiger partial charge < -0.3 is 15.2 Å². The van der Waals surface area contributed by atoms with E-state index in [0.29, 0.717) is 5.75 Å². The lowest BCUT2D eigenvalue weighted by Gasteiger charge is -2.08. The molecule has 1 aromatic rings. The van der Waals surface area contributed by atoms with Crippen molar-refractivity contribution in [2.45, 2.75) is 13.0 Å². The molecule has 0 aliphatic heterocycles. The van der Waals surface area contributed by atoms with E-state index in [1.165, 1.54) is 0 Å². The molecule has 0 radical (unpaired) electrons. The van der Waals surface area contributed by atoms with Crippen molar-refractivity contribution < 1.29 is 14.6 Å². The van der Waals surface area contributed by atoms with Crippen molar-refractivity contribution in [3.63, 3.8) is 0 Å². The van der Waals surface area contributed by atoms with Crippen LogP contribution < -0.4 is 10.1 Å². The zero-order valence-electron chi connectivity index (χ0n) is 8.94. The molecule has 0 saturated heterocycles. The molecule has 1 atom stereocenters. The number of amides is 1. The van der Waals surface area contributed by atoms with Crippen LogP contribution in [0.3, 0.4) is 0 Å². The number of ether oxygens (including phenoxy) is 1. The number of aliphatic hydroxyl groups excluding tert-OH is 1. The van der Waals surface area contributed by atoms with Crippen LogP contribution in [0.15, 0.2) is 28.7 Å². The van der Waals surface area contributed by atoms with Gasteiger partial charge >= 0.3 is 0 Å². The summed E-state index contributed by atoms with van der Waals surface area (Å²) in [6, 6.07) is 7.21. The van der Waals surface area contributed by atoms with Gasteiger partial charge in [0.2, 0.25) is 0 Å². The summed E-state index contributed by atoms with van der Waals surface area (Å²) in [5, 5.41) is 11.5. The monoisotopic (exact) mass is 287 g/mol. The molecular formula is C11H14BrNO3. The molecule has 0 fully saturated rings. The quantitative estimate of drug-likeness (QED) is 0.859. The Hall–Kier alpha value is -1.07. The number of hydrogen-bond acceptors (Lipinski definition) is 3. The van der Waals surface area contributed by atoms with E-state index in [1.807, 2.05) is 12.1 Å². The maximum Gasteiger partial charge on any atom is 0.258 e. The molecule has 0 bridgehead atoms. The van der Waals surface area contributed by atoms with E-state index < -0.39 is 6.10 Å². The van der Waals surface area contributed by atoms with E-state index in [-0.39, 0.29) is 19.1 Å². The topological polar surface area (TPSA) is 58.6 Å². The molecule has 0 saturated carbocycles. The zero-order valence-corrected chi connectivity index (χ0v) is 10.5. The Kier molecular flexibility index (Phi) is 5.28. The van der Waals surface area contributed by atoms with E-state index in [0.717, 1.165) is 4.47 Å². The standard InChI is InChI=1S/C11H14BrNO3/c1-8(14)6-13-11(15)7-16-10-4-2-9(12)3-5-10/h2-5,8,14H,6-7H2,1H3,(H,13,15)/t8-/m1/s1. The summed E-state index contributed by atoms with van der Waals surface area (Å²) in [4.78, 5) is 11.2. The van der Waals surface area contributed by atoms with Gasteiger partial charge in [-0.2, -0.15) is 0 Å². The molecule has 0 unspecified atom stereocenters. The third-order valence-corrected chi connectivity index (χ3v) is 2.31. The van der Waals surface area contributed by atoms with E-state index in [9.17, 15) is 4.79 Å².